The molecule has 1 atom stereocenters. The molecule has 0 radical (unpaired) electrons. The first-order chi connectivity index (χ1) is 17.3. The quantitative estimate of drug-likeness (QED) is 0.355. The Morgan fingerprint density at radius 1 is 0.892 bits per heavy atom. The maximum atomic E-state index is 13.1. The predicted molar refractivity (Wildman–Crippen MR) is 128 cm³/mol. The van der Waals surface area contributed by atoms with Crippen molar-refractivity contribution in [3.63, 3.8) is 0 Å². The first-order valence-electron chi connectivity index (χ1n) is 11.0. The van der Waals surface area contributed by atoms with Gasteiger partial charge in [0.15, 0.2) is 0 Å². The highest BCUT2D eigenvalue weighted by atomic mass is 35.5. The molecule has 1 unspecified atom stereocenters. The number of benzene rings is 3. The molecule has 194 valence electrons. The molecule has 0 spiro atoms. The van der Waals surface area contributed by atoms with Gasteiger partial charge in [-0.1, -0.05) is 35.9 Å². The second-order valence-electron chi connectivity index (χ2n) is 8.81. The van der Waals surface area contributed by atoms with Crippen molar-refractivity contribution in [3.8, 4) is 0 Å². The van der Waals surface area contributed by atoms with E-state index in [1.165, 1.54) is 17.1 Å². The molecule has 4 nitrogen and oxygen atoms in total. The van der Waals surface area contributed by atoms with Crippen LogP contribution in [0.2, 0.25) is 5.02 Å². The minimum absolute atomic E-state index is 0.177. The number of halogens is 7. The number of nitrogens with zero attached hydrogens (tertiary/aromatic N) is 2. The second kappa shape index (κ2) is 9.74. The fraction of sp³-hybridized carbons (Fsp3) is 0.231. The maximum Gasteiger partial charge on any atom is 0.416 e. The maximum absolute atomic E-state index is 13.1. The molecule has 4 rings (SSSR count). The van der Waals surface area contributed by atoms with Crippen LogP contribution >= 0.6 is 11.6 Å². The van der Waals surface area contributed by atoms with E-state index in [0.29, 0.717) is 21.9 Å². The molecule has 11 heteroatoms. The van der Waals surface area contributed by atoms with Crippen LogP contribution in [-0.4, -0.2) is 29.7 Å². The number of hydrogen-bond acceptors (Lipinski definition) is 3. The fourth-order valence-electron chi connectivity index (χ4n) is 4.17. The van der Waals surface area contributed by atoms with Gasteiger partial charge in [0.05, 0.1) is 28.8 Å². The van der Waals surface area contributed by atoms with Crippen LogP contribution in [0, 0.1) is 0 Å². The average Bonchev–Trinajstić information content (AvgIpc) is 3.15. The zero-order valence-corrected chi connectivity index (χ0v) is 20.0. The van der Waals surface area contributed by atoms with Crippen LogP contribution in [-0.2, 0) is 22.6 Å². The minimum atomic E-state index is -4.49. The highest BCUT2D eigenvalue weighted by molar-refractivity contribution is 6.30. The van der Waals surface area contributed by atoms with Crippen LogP contribution in [0.25, 0.3) is 0 Å². The van der Waals surface area contributed by atoms with Gasteiger partial charge >= 0.3 is 12.4 Å². The Morgan fingerprint density at radius 2 is 1.41 bits per heavy atom. The summed E-state index contributed by atoms with van der Waals surface area (Å²) in [6.07, 6.45) is -8.97. The van der Waals surface area contributed by atoms with E-state index in [0.717, 1.165) is 36.4 Å². The lowest BCUT2D eigenvalue weighted by molar-refractivity contribution is -0.138. The third kappa shape index (κ3) is 5.90. The summed E-state index contributed by atoms with van der Waals surface area (Å²) in [7, 11) is 0. The lowest BCUT2D eigenvalue weighted by Gasteiger charge is -2.28. The summed E-state index contributed by atoms with van der Waals surface area (Å²) in [6, 6.07) is 15.6. The highest BCUT2D eigenvalue weighted by Gasteiger charge is 2.42. The summed E-state index contributed by atoms with van der Waals surface area (Å²) in [5.41, 5.74) is -0.523. The lowest BCUT2D eigenvalue weighted by atomic mass is 9.76. The number of amides is 1. The van der Waals surface area contributed by atoms with Crippen LogP contribution < -0.4 is 5.32 Å². The van der Waals surface area contributed by atoms with Crippen molar-refractivity contribution in [1.82, 2.24) is 5.01 Å². The molecule has 0 aliphatic carbocycles. The number of hydrogen-bond donors (Lipinski definition) is 1. The average molecular weight is 540 g/mol. The molecule has 1 heterocycles. The zero-order valence-electron chi connectivity index (χ0n) is 19.3. The SMILES string of the molecule is CC1(c2ccc(C(F)(F)F)cc2)CN(CC(=O)Nc2ccc(C(F)(F)F)cc2)N=C1c1ccc(Cl)cc1. The summed E-state index contributed by atoms with van der Waals surface area (Å²) in [5, 5.41) is 9.10. The standard InChI is InChI=1S/C26H20ClF6N3O/c1-24(17-4-6-18(7-5-17)25(28,29)30)15-36(35-23(24)16-2-10-20(27)11-3-16)14-22(37)34-21-12-8-19(9-13-21)26(31,32)33/h2-13H,14-15H2,1H3,(H,34,37). The molecule has 37 heavy (non-hydrogen) atoms. The number of nitrogens with one attached hydrogen (secondary N) is 1. The van der Waals surface area contributed by atoms with E-state index in [4.69, 9.17) is 11.6 Å². The van der Waals surface area contributed by atoms with Crippen molar-refractivity contribution in [3.05, 3.63) is 100 Å². The van der Waals surface area contributed by atoms with Gasteiger partial charge in [0.25, 0.3) is 0 Å². The summed E-state index contributed by atoms with van der Waals surface area (Å²) >= 11 is 6.00. The molecule has 1 aliphatic heterocycles. The van der Waals surface area contributed by atoms with Crippen LogP contribution in [0.3, 0.4) is 0 Å². The molecular formula is C26H20ClF6N3O. The lowest BCUT2D eigenvalue weighted by Crippen LogP contribution is -2.38. The van der Waals surface area contributed by atoms with Crippen molar-refractivity contribution < 1.29 is 31.1 Å². The van der Waals surface area contributed by atoms with Crippen LogP contribution in [0.5, 0.6) is 0 Å². The van der Waals surface area contributed by atoms with Gasteiger partial charge in [0.2, 0.25) is 5.91 Å². The predicted octanol–water partition coefficient (Wildman–Crippen LogP) is 6.99. The Balaban J connectivity index is 1.57. The first kappa shape index (κ1) is 26.5. The number of carbonyl (C=O) groups is 1. The van der Waals surface area contributed by atoms with Crippen LogP contribution in [0.4, 0.5) is 32.0 Å². The highest BCUT2D eigenvalue weighted by Crippen LogP contribution is 2.37. The van der Waals surface area contributed by atoms with Crippen molar-refractivity contribution in [2.45, 2.75) is 24.7 Å². The molecule has 3 aromatic carbocycles. The number of anilines is 1. The Bertz CT molecular complexity index is 1300. The summed E-state index contributed by atoms with van der Waals surface area (Å²) < 4.78 is 77.6. The topological polar surface area (TPSA) is 44.7 Å². The zero-order chi connectivity index (χ0) is 27.0. The van der Waals surface area contributed by atoms with Crippen LogP contribution in [0.15, 0.2) is 77.9 Å². The van der Waals surface area contributed by atoms with E-state index in [2.05, 4.69) is 10.4 Å². The number of hydrazone groups is 1. The Labute approximate surface area is 213 Å². The molecule has 0 aromatic heterocycles. The van der Waals surface area contributed by atoms with Crippen molar-refractivity contribution in [2.75, 3.05) is 18.4 Å². The van der Waals surface area contributed by atoms with E-state index in [1.807, 2.05) is 6.92 Å². The molecule has 1 amide bonds. The molecular weight excluding hydrogens is 520 g/mol. The normalized spacial score (nSPS) is 18.1. The molecule has 1 N–H and O–H groups in total. The van der Waals surface area contributed by atoms with E-state index in [-0.39, 0.29) is 18.8 Å². The second-order valence-corrected chi connectivity index (χ2v) is 9.25. The Hall–Kier alpha value is -3.53. The van der Waals surface area contributed by atoms with Gasteiger partial charge in [-0.25, -0.2) is 0 Å². The van der Waals surface area contributed by atoms with E-state index < -0.39 is 34.8 Å². The van der Waals surface area contributed by atoms with Gasteiger partial charge in [-0.3, -0.25) is 9.80 Å². The number of rotatable bonds is 5. The Morgan fingerprint density at radius 3 is 1.92 bits per heavy atom. The molecule has 0 fully saturated rings. The van der Waals surface area contributed by atoms with Gasteiger partial charge in [-0.05, 0) is 66.6 Å². The number of alkyl halides is 6. The summed E-state index contributed by atoms with van der Waals surface area (Å²) in [5.74, 6) is -0.518. The number of carbonyl (C=O) groups excluding carboxylic acids is 1. The monoisotopic (exact) mass is 539 g/mol. The summed E-state index contributed by atoms with van der Waals surface area (Å²) in [4.78, 5) is 12.7. The van der Waals surface area contributed by atoms with Gasteiger partial charge < -0.3 is 5.32 Å². The molecule has 0 saturated carbocycles. The van der Waals surface area contributed by atoms with E-state index >= 15 is 0 Å². The van der Waals surface area contributed by atoms with E-state index in [9.17, 15) is 31.1 Å². The minimum Gasteiger partial charge on any atom is -0.324 e. The molecule has 1 aliphatic rings. The largest absolute Gasteiger partial charge is 0.416 e. The molecule has 3 aromatic rings. The first-order valence-corrected chi connectivity index (χ1v) is 11.4. The van der Waals surface area contributed by atoms with E-state index in [1.54, 1.807) is 24.3 Å². The summed E-state index contributed by atoms with van der Waals surface area (Å²) in [6.45, 7) is 1.77. The van der Waals surface area contributed by atoms with Gasteiger partial charge in [-0.2, -0.15) is 31.4 Å². The third-order valence-electron chi connectivity index (χ3n) is 6.05. The van der Waals surface area contributed by atoms with Gasteiger partial charge in [0.1, 0.15) is 6.54 Å². The molecule has 0 saturated heterocycles. The van der Waals surface area contributed by atoms with Crippen molar-refractivity contribution in [1.29, 1.82) is 0 Å². The smallest absolute Gasteiger partial charge is 0.324 e. The van der Waals surface area contributed by atoms with Gasteiger partial charge in [-0.15, -0.1) is 0 Å². The fourth-order valence-corrected chi connectivity index (χ4v) is 4.29. The molecule has 0 bridgehead atoms. The van der Waals surface area contributed by atoms with Gasteiger partial charge in [0, 0.05) is 10.7 Å². The third-order valence-corrected chi connectivity index (χ3v) is 6.30. The van der Waals surface area contributed by atoms with Crippen molar-refractivity contribution >= 4 is 28.9 Å². The van der Waals surface area contributed by atoms with Crippen molar-refractivity contribution in [2.24, 2.45) is 5.10 Å². The van der Waals surface area contributed by atoms with Crippen LogP contribution in [0.1, 0.15) is 29.2 Å². The Kier molecular flexibility index (Phi) is 6.98.